The van der Waals surface area contributed by atoms with Crippen molar-refractivity contribution in [1.29, 1.82) is 0 Å². The molecule has 0 fully saturated rings. The number of azo groups is 1. The summed E-state index contributed by atoms with van der Waals surface area (Å²) in [5.41, 5.74) is -0.446. The van der Waals surface area contributed by atoms with Crippen LogP contribution in [0.2, 0.25) is 0 Å². The number of amides is 2. The average molecular weight is 491 g/mol. The van der Waals surface area contributed by atoms with Gasteiger partial charge >= 0.3 is 0 Å². The first-order valence-corrected chi connectivity index (χ1v) is 11.7. The number of para-hydroxylation sites is 2. The maximum atomic E-state index is 13.3. The molecule has 188 valence electrons. The number of aromatic nitrogens is 2. The van der Waals surface area contributed by atoms with Gasteiger partial charge in [-0.05, 0) is 48.9 Å². The normalized spacial score (nSPS) is 15.1. The van der Waals surface area contributed by atoms with Gasteiger partial charge in [0.05, 0.1) is 24.6 Å². The molecule has 2 aromatic heterocycles. The third kappa shape index (κ3) is 4.73. The summed E-state index contributed by atoms with van der Waals surface area (Å²) in [6.07, 6.45) is 0. The average Bonchev–Trinajstić information content (AvgIpc) is 3.53. The molecule has 0 spiro atoms. The minimum Gasteiger partial charge on any atom is -0.395 e. The number of benzene rings is 2. The molecular weight excluding hydrogens is 460 g/mol. The largest absolute Gasteiger partial charge is 0.395 e. The van der Waals surface area contributed by atoms with Crippen LogP contribution in [0, 0.1) is 0 Å². The van der Waals surface area contributed by atoms with Gasteiger partial charge in [0, 0.05) is 24.1 Å². The minimum absolute atomic E-state index is 0.0421. The van der Waals surface area contributed by atoms with Gasteiger partial charge in [-0.2, -0.15) is 10.2 Å². The fraction of sp³-hybridized carbons (Fsp3) is 0.308. The van der Waals surface area contributed by atoms with Crippen molar-refractivity contribution in [2.24, 2.45) is 10.2 Å². The lowest BCUT2D eigenvalue weighted by Gasteiger charge is -2.26. The molecule has 0 aliphatic carbocycles. The number of nitrogens with zero attached hydrogens (tertiary/aromatic N) is 2. The summed E-state index contributed by atoms with van der Waals surface area (Å²) in [5.74, 6) is -0.969. The summed E-state index contributed by atoms with van der Waals surface area (Å²) in [4.78, 5) is 33.1. The van der Waals surface area contributed by atoms with E-state index in [1.807, 2.05) is 60.7 Å². The second kappa shape index (κ2) is 10.3. The van der Waals surface area contributed by atoms with Crippen LogP contribution >= 0.6 is 0 Å². The monoisotopic (exact) mass is 490 g/mol. The van der Waals surface area contributed by atoms with E-state index in [4.69, 9.17) is 0 Å². The molecule has 0 bridgehead atoms. The van der Waals surface area contributed by atoms with Crippen molar-refractivity contribution in [1.82, 2.24) is 20.6 Å². The standard InChI is InChI=1S/C26H30N6O4/c1-25(23(35)27-11-13-33,21-15-17-7-3-5-9-19(17)29-21)31-32-26(2,24(36)28-12-14-34)22-16-18-8-4-6-10-20(18)30-22/h3-10,15-16,29-30,33-34H,11-14H2,1-2H3,(H,27,35)(H,28,36). The number of nitrogens with one attached hydrogen (secondary N) is 4. The zero-order valence-electron chi connectivity index (χ0n) is 20.2. The third-order valence-electron chi connectivity index (χ3n) is 6.24. The van der Waals surface area contributed by atoms with Crippen LogP contribution in [0.4, 0.5) is 0 Å². The third-order valence-corrected chi connectivity index (χ3v) is 6.24. The minimum atomic E-state index is -1.53. The lowest BCUT2D eigenvalue weighted by molar-refractivity contribution is -0.128. The highest BCUT2D eigenvalue weighted by molar-refractivity contribution is 5.91. The summed E-state index contributed by atoms with van der Waals surface area (Å²) in [5, 5.41) is 34.6. The highest BCUT2D eigenvalue weighted by Gasteiger charge is 2.42. The van der Waals surface area contributed by atoms with Crippen LogP contribution in [0.15, 0.2) is 70.9 Å². The zero-order valence-corrected chi connectivity index (χ0v) is 20.2. The summed E-state index contributed by atoms with van der Waals surface area (Å²) >= 11 is 0. The molecule has 10 nitrogen and oxygen atoms in total. The second-order valence-electron chi connectivity index (χ2n) is 8.84. The molecule has 0 aliphatic heterocycles. The molecular formula is C26H30N6O4. The topological polar surface area (TPSA) is 155 Å². The van der Waals surface area contributed by atoms with Crippen molar-refractivity contribution in [3.8, 4) is 0 Å². The fourth-order valence-electron chi connectivity index (χ4n) is 4.00. The van der Waals surface area contributed by atoms with E-state index in [2.05, 4.69) is 30.8 Å². The van der Waals surface area contributed by atoms with Gasteiger partial charge in [0.15, 0.2) is 11.1 Å². The Labute approximate surface area is 207 Å². The maximum absolute atomic E-state index is 13.3. The second-order valence-corrected chi connectivity index (χ2v) is 8.84. The van der Waals surface area contributed by atoms with Gasteiger partial charge in [0.1, 0.15) is 0 Å². The molecule has 0 saturated heterocycles. The van der Waals surface area contributed by atoms with E-state index >= 15 is 0 Å². The van der Waals surface area contributed by atoms with Crippen LogP contribution in [0.25, 0.3) is 21.8 Å². The molecule has 2 atom stereocenters. The Morgan fingerprint density at radius 3 is 1.50 bits per heavy atom. The van der Waals surface area contributed by atoms with Crippen molar-refractivity contribution in [2.45, 2.75) is 24.9 Å². The van der Waals surface area contributed by atoms with Gasteiger partial charge in [-0.25, -0.2) is 0 Å². The first kappa shape index (κ1) is 25.1. The molecule has 2 heterocycles. The number of hydrogen-bond donors (Lipinski definition) is 6. The molecule has 4 rings (SSSR count). The van der Waals surface area contributed by atoms with Gasteiger partial charge < -0.3 is 30.8 Å². The summed E-state index contributed by atoms with van der Waals surface area (Å²) < 4.78 is 0. The molecule has 2 aromatic carbocycles. The van der Waals surface area contributed by atoms with Crippen molar-refractivity contribution < 1.29 is 19.8 Å². The first-order valence-electron chi connectivity index (χ1n) is 11.7. The van der Waals surface area contributed by atoms with Gasteiger partial charge in [0.2, 0.25) is 0 Å². The Morgan fingerprint density at radius 2 is 1.14 bits per heavy atom. The number of aliphatic hydroxyl groups excluding tert-OH is 2. The Hall–Kier alpha value is -4.02. The molecule has 10 heteroatoms. The highest BCUT2D eigenvalue weighted by atomic mass is 16.3. The summed E-state index contributed by atoms with van der Waals surface area (Å²) in [7, 11) is 0. The molecule has 6 N–H and O–H groups in total. The molecule has 2 amide bonds. The number of rotatable bonds is 10. The van der Waals surface area contributed by atoms with Crippen molar-refractivity contribution in [2.75, 3.05) is 26.3 Å². The lowest BCUT2D eigenvalue weighted by Crippen LogP contribution is -2.44. The maximum Gasteiger partial charge on any atom is 0.255 e. The Bertz CT molecular complexity index is 1240. The van der Waals surface area contributed by atoms with Gasteiger partial charge in [0.25, 0.3) is 11.8 Å². The van der Waals surface area contributed by atoms with Crippen LogP contribution in [-0.4, -0.2) is 58.3 Å². The van der Waals surface area contributed by atoms with Gasteiger partial charge in [-0.3, -0.25) is 9.59 Å². The molecule has 0 aliphatic rings. The predicted octanol–water partition coefficient (Wildman–Crippen LogP) is 2.45. The van der Waals surface area contributed by atoms with Crippen LogP contribution in [0.3, 0.4) is 0 Å². The van der Waals surface area contributed by atoms with E-state index in [0.29, 0.717) is 11.4 Å². The SMILES string of the molecule is CC(N=NC(C)(C(=O)NCCO)c1cc2ccccc2[nH]1)(C(=O)NCCO)c1cc2ccccc2[nH]1. The summed E-state index contributed by atoms with van der Waals surface area (Å²) in [6.45, 7) is 2.82. The number of aromatic amines is 2. The Balaban J connectivity index is 1.82. The number of fused-ring (bicyclic) bond motifs is 2. The van der Waals surface area contributed by atoms with Crippen molar-refractivity contribution >= 4 is 33.6 Å². The number of carbonyl (C=O) groups excluding carboxylic acids is 2. The fourth-order valence-corrected chi connectivity index (χ4v) is 4.00. The Morgan fingerprint density at radius 1 is 0.750 bits per heavy atom. The van der Waals surface area contributed by atoms with Gasteiger partial charge in [-0.1, -0.05) is 36.4 Å². The zero-order chi connectivity index (χ0) is 25.8. The van der Waals surface area contributed by atoms with E-state index < -0.39 is 22.9 Å². The van der Waals surface area contributed by atoms with Crippen molar-refractivity contribution in [3.05, 3.63) is 72.1 Å². The van der Waals surface area contributed by atoms with E-state index in [9.17, 15) is 19.8 Å². The van der Waals surface area contributed by atoms with Crippen LogP contribution < -0.4 is 10.6 Å². The molecule has 0 radical (unpaired) electrons. The number of hydrogen-bond acceptors (Lipinski definition) is 6. The van der Waals surface area contributed by atoms with Crippen molar-refractivity contribution in [3.63, 3.8) is 0 Å². The predicted molar refractivity (Wildman–Crippen MR) is 136 cm³/mol. The highest BCUT2D eigenvalue weighted by Crippen LogP contribution is 2.34. The molecule has 4 aromatic rings. The quantitative estimate of drug-likeness (QED) is 0.189. The lowest BCUT2D eigenvalue weighted by atomic mass is 9.96. The van der Waals surface area contributed by atoms with E-state index in [-0.39, 0.29) is 26.3 Å². The van der Waals surface area contributed by atoms with Crippen LogP contribution in [0.1, 0.15) is 25.2 Å². The first-order chi connectivity index (χ1) is 17.3. The smallest absolute Gasteiger partial charge is 0.255 e. The molecule has 36 heavy (non-hydrogen) atoms. The van der Waals surface area contributed by atoms with Gasteiger partial charge in [-0.15, -0.1) is 0 Å². The van der Waals surface area contributed by atoms with Crippen LogP contribution in [-0.2, 0) is 20.7 Å². The van der Waals surface area contributed by atoms with E-state index in [1.165, 1.54) is 0 Å². The Kier molecular flexibility index (Phi) is 7.18. The number of H-pyrrole nitrogens is 2. The molecule has 0 saturated carbocycles. The number of carbonyl (C=O) groups is 2. The van der Waals surface area contributed by atoms with E-state index in [1.54, 1.807) is 13.8 Å². The summed E-state index contributed by atoms with van der Waals surface area (Å²) in [6, 6.07) is 18.8. The van der Waals surface area contributed by atoms with E-state index in [0.717, 1.165) is 21.8 Å². The molecule has 2 unspecified atom stereocenters. The number of aliphatic hydroxyl groups is 2. The van der Waals surface area contributed by atoms with Crippen LogP contribution in [0.5, 0.6) is 0 Å².